The summed E-state index contributed by atoms with van der Waals surface area (Å²) < 4.78 is 0. The fourth-order valence-electron chi connectivity index (χ4n) is 1.85. The summed E-state index contributed by atoms with van der Waals surface area (Å²) in [4.78, 5) is 15.8. The molecule has 90 valence electrons. The Morgan fingerprint density at radius 3 is 2.88 bits per heavy atom. The van der Waals surface area contributed by atoms with Gasteiger partial charge in [-0.25, -0.2) is 4.79 Å². The fraction of sp³-hybridized carbons (Fsp3) is 0.250. The van der Waals surface area contributed by atoms with Crippen LogP contribution in [-0.4, -0.2) is 35.2 Å². The van der Waals surface area contributed by atoms with Crippen molar-refractivity contribution >= 4 is 22.7 Å². The molecule has 17 heavy (non-hydrogen) atoms. The highest BCUT2D eigenvalue weighted by molar-refractivity contribution is 5.90. The van der Waals surface area contributed by atoms with Crippen LogP contribution in [0.15, 0.2) is 24.4 Å². The van der Waals surface area contributed by atoms with Crippen molar-refractivity contribution in [2.24, 2.45) is 0 Å². The molecule has 1 amide bonds. The van der Waals surface area contributed by atoms with Gasteiger partial charge in [0.1, 0.15) is 0 Å². The summed E-state index contributed by atoms with van der Waals surface area (Å²) in [5.41, 5.74) is 2.75. The van der Waals surface area contributed by atoms with Gasteiger partial charge in [-0.3, -0.25) is 5.32 Å². The van der Waals surface area contributed by atoms with Crippen LogP contribution in [0.25, 0.3) is 10.9 Å². The van der Waals surface area contributed by atoms with Crippen molar-refractivity contribution in [1.29, 1.82) is 0 Å². The Balaban J connectivity index is 2.39. The topological polar surface area (TPSA) is 68.4 Å². The maximum atomic E-state index is 10.6. The Bertz CT molecular complexity index is 546. The SMILES string of the molecule is CN(C)Cc1c[nH]c2ccc(NC(=O)O)cc12. The maximum Gasteiger partial charge on any atom is 0.409 e. The molecule has 1 heterocycles. The molecule has 0 aliphatic rings. The van der Waals surface area contributed by atoms with Gasteiger partial charge in [0.15, 0.2) is 0 Å². The number of H-pyrrole nitrogens is 1. The van der Waals surface area contributed by atoms with Gasteiger partial charge in [0.05, 0.1) is 0 Å². The van der Waals surface area contributed by atoms with Gasteiger partial charge in [-0.2, -0.15) is 0 Å². The van der Waals surface area contributed by atoms with Crippen molar-refractivity contribution in [2.75, 3.05) is 19.4 Å². The lowest BCUT2D eigenvalue weighted by molar-refractivity contribution is 0.210. The largest absolute Gasteiger partial charge is 0.465 e. The molecule has 3 N–H and O–H groups in total. The van der Waals surface area contributed by atoms with Gasteiger partial charge >= 0.3 is 6.09 Å². The van der Waals surface area contributed by atoms with E-state index >= 15 is 0 Å². The van der Waals surface area contributed by atoms with E-state index in [9.17, 15) is 4.79 Å². The van der Waals surface area contributed by atoms with Crippen LogP contribution in [0.5, 0.6) is 0 Å². The van der Waals surface area contributed by atoms with Crippen LogP contribution >= 0.6 is 0 Å². The number of aromatic amines is 1. The maximum absolute atomic E-state index is 10.6. The lowest BCUT2D eigenvalue weighted by atomic mass is 10.1. The molecule has 0 saturated carbocycles. The lowest BCUT2D eigenvalue weighted by Crippen LogP contribution is -2.10. The summed E-state index contributed by atoms with van der Waals surface area (Å²) in [5, 5.41) is 12.1. The highest BCUT2D eigenvalue weighted by Gasteiger charge is 2.06. The molecule has 0 atom stereocenters. The normalized spacial score (nSPS) is 11.0. The predicted molar refractivity (Wildman–Crippen MR) is 67.3 cm³/mol. The zero-order valence-corrected chi connectivity index (χ0v) is 9.82. The number of anilines is 1. The van der Waals surface area contributed by atoms with Gasteiger partial charge in [-0.05, 0) is 37.9 Å². The Labute approximate surface area is 99.0 Å². The first kappa shape index (κ1) is 11.5. The number of nitrogens with one attached hydrogen (secondary N) is 2. The molecule has 0 spiro atoms. The number of amides is 1. The van der Waals surface area contributed by atoms with Crippen LogP contribution < -0.4 is 5.32 Å². The molecule has 1 aromatic heterocycles. The molecule has 0 saturated heterocycles. The number of carboxylic acid groups (broad SMARTS) is 1. The van der Waals surface area contributed by atoms with Gasteiger partial charge in [0.25, 0.3) is 0 Å². The minimum Gasteiger partial charge on any atom is -0.465 e. The molecule has 2 aromatic rings. The van der Waals surface area contributed by atoms with E-state index in [1.807, 2.05) is 32.4 Å². The van der Waals surface area contributed by atoms with E-state index in [4.69, 9.17) is 5.11 Å². The zero-order chi connectivity index (χ0) is 12.4. The van der Waals surface area contributed by atoms with Crippen LogP contribution in [0.2, 0.25) is 0 Å². The van der Waals surface area contributed by atoms with Gasteiger partial charge in [0, 0.05) is 29.3 Å². The van der Waals surface area contributed by atoms with Crippen molar-refractivity contribution in [1.82, 2.24) is 9.88 Å². The monoisotopic (exact) mass is 233 g/mol. The number of fused-ring (bicyclic) bond motifs is 1. The van der Waals surface area contributed by atoms with Crippen molar-refractivity contribution in [3.63, 3.8) is 0 Å². The molecule has 0 bridgehead atoms. The molecule has 0 radical (unpaired) electrons. The van der Waals surface area contributed by atoms with Crippen molar-refractivity contribution < 1.29 is 9.90 Å². The second-order valence-electron chi connectivity index (χ2n) is 4.24. The first-order valence-corrected chi connectivity index (χ1v) is 5.31. The standard InChI is InChI=1S/C12H15N3O2/c1-15(2)7-8-6-13-11-4-3-9(5-10(8)11)14-12(16)17/h3-6,13-14H,7H2,1-2H3,(H,16,17). The summed E-state index contributed by atoms with van der Waals surface area (Å²) in [6, 6.07) is 5.46. The average molecular weight is 233 g/mol. The van der Waals surface area contributed by atoms with E-state index in [1.54, 1.807) is 6.07 Å². The Morgan fingerprint density at radius 2 is 2.24 bits per heavy atom. The summed E-state index contributed by atoms with van der Waals surface area (Å²) in [6.07, 6.45) is 0.906. The Morgan fingerprint density at radius 1 is 1.47 bits per heavy atom. The summed E-state index contributed by atoms with van der Waals surface area (Å²) in [5.74, 6) is 0. The number of hydrogen-bond acceptors (Lipinski definition) is 2. The first-order chi connectivity index (χ1) is 8.06. The zero-order valence-electron chi connectivity index (χ0n) is 9.82. The molecule has 5 heteroatoms. The third-order valence-corrected chi connectivity index (χ3v) is 2.51. The van der Waals surface area contributed by atoms with E-state index < -0.39 is 6.09 Å². The molecule has 0 aliphatic carbocycles. The lowest BCUT2D eigenvalue weighted by Gasteiger charge is -2.08. The Kier molecular flexibility index (Phi) is 3.01. The third-order valence-electron chi connectivity index (χ3n) is 2.51. The Hall–Kier alpha value is -2.01. The molecule has 5 nitrogen and oxygen atoms in total. The van der Waals surface area contributed by atoms with Crippen LogP contribution in [0.1, 0.15) is 5.56 Å². The number of carbonyl (C=O) groups is 1. The predicted octanol–water partition coefficient (Wildman–Crippen LogP) is 2.32. The number of aromatic nitrogens is 1. The van der Waals surface area contributed by atoms with Crippen LogP contribution in [0.3, 0.4) is 0 Å². The molecule has 0 fully saturated rings. The summed E-state index contributed by atoms with van der Waals surface area (Å²) in [6.45, 7) is 0.816. The van der Waals surface area contributed by atoms with Crippen LogP contribution in [0.4, 0.5) is 10.5 Å². The molecule has 1 aromatic carbocycles. The van der Waals surface area contributed by atoms with Crippen LogP contribution in [0, 0.1) is 0 Å². The third kappa shape index (κ3) is 2.57. The summed E-state index contributed by atoms with van der Waals surface area (Å²) in [7, 11) is 4.00. The van der Waals surface area contributed by atoms with Crippen molar-refractivity contribution in [2.45, 2.75) is 6.54 Å². The minimum absolute atomic E-state index is 0.588. The van der Waals surface area contributed by atoms with Crippen molar-refractivity contribution in [3.8, 4) is 0 Å². The van der Waals surface area contributed by atoms with Gasteiger partial charge < -0.3 is 15.0 Å². The van der Waals surface area contributed by atoms with Gasteiger partial charge in [0.2, 0.25) is 0 Å². The second kappa shape index (κ2) is 4.47. The molecular formula is C12H15N3O2. The second-order valence-corrected chi connectivity index (χ2v) is 4.24. The fourth-order valence-corrected chi connectivity index (χ4v) is 1.85. The quantitative estimate of drug-likeness (QED) is 0.762. The van der Waals surface area contributed by atoms with E-state index in [0.717, 1.165) is 23.0 Å². The average Bonchev–Trinajstić information content (AvgIpc) is 2.59. The molecule has 0 aliphatic heterocycles. The van der Waals surface area contributed by atoms with Gasteiger partial charge in [-0.1, -0.05) is 0 Å². The number of benzene rings is 1. The number of nitrogens with zero attached hydrogens (tertiary/aromatic N) is 1. The van der Waals surface area contributed by atoms with E-state index in [2.05, 4.69) is 15.2 Å². The van der Waals surface area contributed by atoms with E-state index in [0.29, 0.717) is 5.69 Å². The number of rotatable bonds is 3. The van der Waals surface area contributed by atoms with E-state index in [1.165, 1.54) is 0 Å². The highest BCUT2D eigenvalue weighted by atomic mass is 16.4. The molecular weight excluding hydrogens is 218 g/mol. The molecule has 0 unspecified atom stereocenters. The minimum atomic E-state index is -1.05. The summed E-state index contributed by atoms with van der Waals surface area (Å²) >= 11 is 0. The van der Waals surface area contributed by atoms with E-state index in [-0.39, 0.29) is 0 Å². The number of hydrogen-bond donors (Lipinski definition) is 3. The first-order valence-electron chi connectivity index (χ1n) is 5.31. The van der Waals surface area contributed by atoms with Crippen LogP contribution in [-0.2, 0) is 6.54 Å². The van der Waals surface area contributed by atoms with Gasteiger partial charge in [-0.15, -0.1) is 0 Å². The smallest absolute Gasteiger partial charge is 0.409 e. The highest BCUT2D eigenvalue weighted by Crippen LogP contribution is 2.23. The van der Waals surface area contributed by atoms with Crippen molar-refractivity contribution in [3.05, 3.63) is 30.0 Å². The molecule has 2 rings (SSSR count).